The lowest BCUT2D eigenvalue weighted by molar-refractivity contribution is -0.129. The number of nitrogens with one attached hydrogen (secondary N) is 1. The second-order valence-corrected chi connectivity index (χ2v) is 9.06. The number of carbonyl (C=O) groups excluding carboxylic acids is 2. The summed E-state index contributed by atoms with van der Waals surface area (Å²) < 4.78 is 13.7. The summed E-state index contributed by atoms with van der Waals surface area (Å²) in [5.74, 6) is 1.48. The third-order valence-corrected chi connectivity index (χ3v) is 6.87. The number of fused-ring (bicyclic) bond motifs is 1. The van der Waals surface area contributed by atoms with Crippen molar-refractivity contribution in [1.82, 2.24) is 24.8 Å². The number of piperazine rings is 1. The normalized spacial score (nSPS) is 19.1. The lowest BCUT2D eigenvalue weighted by Crippen LogP contribution is -2.48. The number of nitrogens with zero attached hydrogens (tertiary/aromatic N) is 5. The fraction of sp³-hybridized carbons (Fsp3) is 0.440. The van der Waals surface area contributed by atoms with Crippen molar-refractivity contribution in [2.24, 2.45) is 5.92 Å². The summed E-state index contributed by atoms with van der Waals surface area (Å²) in [7, 11) is 1.66. The van der Waals surface area contributed by atoms with E-state index in [2.05, 4.69) is 15.3 Å². The first kappa shape index (κ1) is 22.9. The molecule has 2 aliphatic rings. The molecule has 0 aliphatic carbocycles. The molecule has 2 atom stereocenters. The average molecular weight is 479 g/mol. The Morgan fingerprint density at radius 2 is 2.00 bits per heavy atom. The van der Waals surface area contributed by atoms with Crippen LogP contribution in [-0.4, -0.2) is 77.2 Å². The van der Waals surface area contributed by atoms with E-state index in [1.807, 2.05) is 42.3 Å². The summed E-state index contributed by atoms with van der Waals surface area (Å²) in [6.45, 7) is 7.07. The summed E-state index contributed by atoms with van der Waals surface area (Å²) in [5, 5.41) is 7.26. The van der Waals surface area contributed by atoms with Gasteiger partial charge in [0.2, 0.25) is 17.7 Å². The molecule has 0 unspecified atom stereocenters. The van der Waals surface area contributed by atoms with Gasteiger partial charge in [-0.1, -0.05) is 6.07 Å². The van der Waals surface area contributed by atoms with Crippen LogP contribution in [0.1, 0.15) is 20.3 Å². The van der Waals surface area contributed by atoms with Gasteiger partial charge in [-0.15, -0.1) is 0 Å². The third kappa shape index (κ3) is 4.60. The summed E-state index contributed by atoms with van der Waals surface area (Å²) in [6.07, 6.45) is 3.85. The number of hydrogen-bond acceptors (Lipinski definition) is 7. The van der Waals surface area contributed by atoms with E-state index in [0.29, 0.717) is 37.6 Å². The maximum Gasteiger partial charge on any atom is 0.240 e. The Balaban J connectivity index is 1.42. The van der Waals surface area contributed by atoms with E-state index >= 15 is 0 Å². The number of amides is 2. The molecule has 2 fully saturated rings. The molecular formula is C25H30N6O4. The van der Waals surface area contributed by atoms with E-state index in [0.717, 1.165) is 35.6 Å². The molecule has 2 saturated heterocycles. The monoisotopic (exact) mass is 478 g/mol. The van der Waals surface area contributed by atoms with E-state index < -0.39 is 0 Å². The van der Waals surface area contributed by atoms with Gasteiger partial charge in [0.15, 0.2) is 0 Å². The molecule has 1 aromatic carbocycles. The summed E-state index contributed by atoms with van der Waals surface area (Å²) in [6, 6.07) is 7.88. The number of benzene rings is 1. The molecule has 0 saturated carbocycles. The van der Waals surface area contributed by atoms with Crippen LogP contribution in [0, 0.1) is 5.92 Å². The predicted octanol–water partition coefficient (Wildman–Crippen LogP) is 1.98. The summed E-state index contributed by atoms with van der Waals surface area (Å²) >= 11 is 0. The smallest absolute Gasteiger partial charge is 0.240 e. The standard InChI is InChI=1S/C25H30N6O4/c1-16(19-13-24(33)26-14-19)35-25-22-6-7-27-31(22)15-20(28-25)18-4-5-21(23(12-18)34-3)30-10-8-29(9-11-30)17(2)32/h4-7,12,15-16,19H,8-11,13-14H2,1-3H3,(H,26,33)/t16-,19-/m1/s1. The first-order valence-electron chi connectivity index (χ1n) is 11.9. The summed E-state index contributed by atoms with van der Waals surface area (Å²) in [4.78, 5) is 32.2. The van der Waals surface area contributed by atoms with Gasteiger partial charge < -0.3 is 24.6 Å². The minimum atomic E-state index is -0.180. The molecule has 4 heterocycles. The van der Waals surface area contributed by atoms with E-state index in [-0.39, 0.29) is 23.8 Å². The Morgan fingerprint density at radius 1 is 1.20 bits per heavy atom. The highest BCUT2D eigenvalue weighted by Gasteiger charge is 2.29. The fourth-order valence-electron chi connectivity index (χ4n) is 4.72. The van der Waals surface area contributed by atoms with Gasteiger partial charge >= 0.3 is 0 Å². The number of rotatable bonds is 6. The minimum absolute atomic E-state index is 0.0524. The minimum Gasteiger partial charge on any atom is -0.495 e. The van der Waals surface area contributed by atoms with E-state index in [4.69, 9.17) is 14.5 Å². The molecular weight excluding hydrogens is 448 g/mol. The van der Waals surface area contributed by atoms with Gasteiger partial charge in [-0.25, -0.2) is 9.50 Å². The largest absolute Gasteiger partial charge is 0.495 e. The van der Waals surface area contributed by atoms with Crippen LogP contribution in [0.25, 0.3) is 16.8 Å². The molecule has 5 rings (SSSR count). The van der Waals surface area contributed by atoms with Crippen LogP contribution in [0.15, 0.2) is 36.7 Å². The lowest BCUT2D eigenvalue weighted by atomic mass is 10.0. The zero-order valence-electron chi connectivity index (χ0n) is 20.2. The van der Waals surface area contributed by atoms with Crippen molar-refractivity contribution in [1.29, 1.82) is 0 Å². The molecule has 2 aromatic heterocycles. The number of anilines is 1. The highest BCUT2D eigenvalue weighted by Crippen LogP contribution is 2.34. The molecule has 10 nitrogen and oxygen atoms in total. The number of carbonyl (C=O) groups is 2. The van der Waals surface area contributed by atoms with Crippen molar-refractivity contribution in [2.45, 2.75) is 26.4 Å². The van der Waals surface area contributed by atoms with Crippen LogP contribution >= 0.6 is 0 Å². The Bertz CT molecular complexity index is 1250. The Morgan fingerprint density at radius 3 is 2.69 bits per heavy atom. The van der Waals surface area contributed by atoms with Crippen molar-refractivity contribution in [2.75, 3.05) is 44.7 Å². The van der Waals surface area contributed by atoms with E-state index in [1.54, 1.807) is 24.7 Å². The van der Waals surface area contributed by atoms with Crippen molar-refractivity contribution < 1.29 is 19.1 Å². The Kier molecular flexibility index (Phi) is 6.19. The van der Waals surface area contributed by atoms with Crippen molar-refractivity contribution in [3.8, 4) is 22.9 Å². The first-order chi connectivity index (χ1) is 16.9. The maximum absolute atomic E-state index is 11.7. The third-order valence-electron chi connectivity index (χ3n) is 6.87. The highest BCUT2D eigenvalue weighted by atomic mass is 16.5. The predicted molar refractivity (Wildman–Crippen MR) is 131 cm³/mol. The second kappa shape index (κ2) is 9.44. The molecule has 10 heteroatoms. The second-order valence-electron chi connectivity index (χ2n) is 9.06. The zero-order valence-corrected chi connectivity index (χ0v) is 20.2. The van der Waals surface area contributed by atoms with Crippen molar-refractivity contribution in [3.63, 3.8) is 0 Å². The SMILES string of the molecule is COc1cc(-c2cn3nccc3c(O[C@H](C)[C@H]3CNC(=O)C3)n2)ccc1N1CCN(C(C)=O)CC1. The van der Waals surface area contributed by atoms with Gasteiger partial charge in [0, 0.05) is 57.5 Å². The lowest BCUT2D eigenvalue weighted by Gasteiger charge is -2.36. The number of ether oxygens (including phenoxy) is 2. The number of aromatic nitrogens is 3. The Labute approximate surface area is 203 Å². The van der Waals surface area contributed by atoms with Gasteiger partial charge in [0.1, 0.15) is 17.4 Å². The molecule has 184 valence electrons. The molecule has 2 aliphatic heterocycles. The van der Waals surface area contributed by atoms with Crippen molar-refractivity contribution >= 4 is 23.0 Å². The van der Waals surface area contributed by atoms with Gasteiger partial charge in [-0.2, -0.15) is 5.10 Å². The topological polar surface area (TPSA) is 101 Å². The molecule has 0 bridgehead atoms. The van der Waals surface area contributed by atoms with Gasteiger partial charge in [-0.05, 0) is 25.1 Å². The quantitative estimate of drug-likeness (QED) is 0.578. The average Bonchev–Trinajstić information content (AvgIpc) is 3.53. The van der Waals surface area contributed by atoms with E-state index in [9.17, 15) is 9.59 Å². The van der Waals surface area contributed by atoms with Gasteiger partial charge in [0.25, 0.3) is 0 Å². The van der Waals surface area contributed by atoms with Crippen LogP contribution < -0.4 is 19.7 Å². The van der Waals surface area contributed by atoms with E-state index in [1.165, 1.54) is 0 Å². The molecule has 2 amide bonds. The highest BCUT2D eigenvalue weighted by molar-refractivity contribution is 5.78. The molecule has 3 aromatic rings. The number of methoxy groups -OCH3 is 1. The maximum atomic E-state index is 11.7. The molecule has 0 radical (unpaired) electrons. The van der Waals surface area contributed by atoms with Crippen LogP contribution in [0.4, 0.5) is 5.69 Å². The number of hydrogen-bond donors (Lipinski definition) is 1. The van der Waals surface area contributed by atoms with Crippen LogP contribution in [0.5, 0.6) is 11.6 Å². The van der Waals surface area contributed by atoms with Crippen LogP contribution in [0.3, 0.4) is 0 Å². The molecule has 1 N–H and O–H groups in total. The zero-order chi connectivity index (χ0) is 24.5. The van der Waals surface area contributed by atoms with Crippen LogP contribution in [-0.2, 0) is 9.59 Å². The van der Waals surface area contributed by atoms with Crippen LogP contribution in [0.2, 0.25) is 0 Å². The van der Waals surface area contributed by atoms with Gasteiger partial charge in [0.05, 0.1) is 30.9 Å². The first-order valence-corrected chi connectivity index (χ1v) is 11.9. The Hall–Kier alpha value is -3.82. The fourth-order valence-corrected chi connectivity index (χ4v) is 4.72. The molecule has 35 heavy (non-hydrogen) atoms. The van der Waals surface area contributed by atoms with Crippen molar-refractivity contribution in [3.05, 3.63) is 36.7 Å². The summed E-state index contributed by atoms with van der Waals surface area (Å²) in [5.41, 5.74) is 3.34. The van der Waals surface area contributed by atoms with Gasteiger partial charge in [-0.3, -0.25) is 9.59 Å². The molecule has 0 spiro atoms.